The second kappa shape index (κ2) is 7.05. The van der Waals surface area contributed by atoms with Gasteiger partial charge in [0.15, 0.2) is 0 Å². The SMILES string of the molecule is CC(C)(C)c1ccc(CO/N=C\c2cccc([N+](=O)[O-])c2)cc1. The predicted octanol–water partition coefficient (Wildman–Crippen LogP) is 4.44. The summed E-state index contributed by atoms with van der Waals surface area (Å²) >= 11 is 0. The van der Waals surface area contributed by atoms with E-state index in [1.54, 1.807) is 12.1 Å². The van der Waals surface area contributed by atoms with Gasteiger partial charge in [-0.25, -0.2) is 0 Å². The van der Waals surface area contributed by atoms with Crippen LogP contribution in [0.5, 0.6) is 0 Å². The van der Waals surface area contributed by atoms with Gasteiger partial charge < -0.3 is 4.84 Å². The lowest BCUT2D eigenvalue weighted by atomic mass is 9.87. The molecule has 120 valence electrons. The molecule has 0 aliphatic rings. The van der Waals surface area contributed by atoms with Gasteiger partial charge in [0.25, 0.3) is 5.69 Å². The van der Waals surface area contributed by atoms with Crippen LogP contribution >= 0.6 is 0 Å². The van der Waals surface area contributed by atoms with E-state index in [0.29, 0.717) is 12.2 Å². The van der Waals surface area contributed by atoms with Crippen LogP contribution in [0.3, 0.4) is 0 Å². The molecule has 0 heterocycles. The van der Waals surface area contributed by atoms with Gasteiger partial charge in [-0.2, -0.15) is 0 Å². The van der Waals surface area contributed by atoms with Gasteiger partial charge in [0, 0.05) is 17.7 Å². The van der Waals surface area contributed by atoms with E-state index in [4.69, 9.17) is 4.84 Å². The van der Waals surface area contributed by atoms with Crippen molar-refractivity contribution in [3.05, 3.63) is 75.3 Å². The highest BCUT2D eigenvalue weighted by Crippen LogP contribution is 2.22. The average Bonchev–Trinajstić information content (AvgIpc) is 2.51. The van der Waals surface area contributed by atoms with Gasteiger partial charge in [-0.1, -0.05) is 62.3 Å². The zero-order valence-corrected chi connectivity index (χ0v) is 13.5. The van der Waals surface area contributed by atoms with Crippen molar-refractivity contribution in [1.29, 1.82) is 0 Å². The topological polar surface area (TPSA) is 64.7 Å². The summed E-state index contributed by atoms with van der Waals surface area (Å²) in [5.74, 6) is 0. The Bertz CT molecular complexity index is 701. The van der Waals surface area contributed by atoms with Crippen molar-refractivity contribution in [2.75, 3.05) is 0 Å². The van der Waals surface area contributed by atoms with Crippen LogP contribution in [0.4, 0.5) is 5.69 Å². The van der Waals surface area contributed by atoms with Crippen molar-refractivity contribution in [3.63, 3.8) is 0 Å². The van der Waals surface area contributed by atoms with Crippen molar-refractivity contribution in [1.82, 2.24) is 0 Å². The minimum Gasteiger partial charge on any atom is -0.391 e. The molecule has 5 heteroatoms. The first kappa shape index (κ1) is 16.7. The summed E-state index contributed by atoms with van der Waals surface area (Å²) in [6.45, 7) is 6.86. The van der Waals surface area contributed by atoms with Gasteiger partial charge >= 0.3 is 0 Å². The second-order valence-corrected chi connectivity index (χ2v) is 6.31. The van der Waals surface area contributed by atoms with Crippen LogP contribution in [0.1, 0.15) is 37.5 Å². The molecule has 0 unspecified atom stereocenters. The molecule has 0 saturated carbocycles. The summed E-state index contributed by atoms with van der Waals surface area (Å²) in [7, 11) is 0. The van der Waals surface area contributed by atoms with Gasteiger partial charge in [-0.05, 0) is 16.5 Å². The first-order chi connectivity index (χ1) is 10.9. The Hall–Kier alpha value is -2.69. The summed E-state index contributed by atoms with van der Waals surface area (Å²) in [5, 5.41) is 14.6. The minimum absolute atomic E-state index is 0.0340. The predicted molar refractivity (Wildman–Crippen MR) is 90.6 cm³/mol. The van der Waals surface area contributed by atoms with Crippen LogP contribution in [-0.2, 0) is 16.9 Å². The molecule has 0 saturated heterocycles. The molecule has 2 rings (SSSR count). The van der Waals surface area contributed by atoms with Gasteiger partial charge in [0.05, 0.1) is 11.1 Å². The Balaban J connectivity index is 1.92. The monoisotopic (exact) mass is 312 g/mol. The highest BCUT2D eigenvalue weighted by molar-refractivity contribution is 5.80. The third-order valence-corrected chi connectivity index (χ3v) is 3.41. The molecular formula is C18H20N2O3. The van der Waals surface area contributed by atoms with Crippen LogP contribution in [-0.4, -0.2) is 11.1 Å². The van der Waals surface area contributed by atoms with Crippen molar-refractivity contribution in [2.24, 2.45) is 5.16 Å². The first-order valence-corrected chi connectivity index (χ1v) is 7.35. The number of hydrogen-bond acceptors (Lipinski definition) is 4. The van der Waals surface area contributed by atoms with Gasteiger partial charge in [-0.15, -0.1) is 0 Å². The number of nitro groups is 1. The molecule has 0 aliphatic heterocycles. The maximum Gasteiger partial charge on any atom is 0.270 e. The molecule has 0 aromatic heterocycles. The highest BCUT2D eigenvalue weighted by atomic mass is 16.6. The molecule has 0 atom stereocenters. The maximum atomic E-state index is 10.7. The molecule has 0 bridgehead atoms. The number of benzene rings is 2. The van der Waals surface area contributed by atoms with E-state index in [0.717, 1.165) is 5.56 Å². The number of hydrogen-bond donors (Lipinski definition) is 0. The third-order valence-electron chi connectivity index (χ3n) is 3.41. The summed E-state index contributed by atoms with van der Waals surface area (Å²) in [5.41, 5.74) is 3.07. The average molecular weight is 312 g/mol. The first-order valence-electron chi connectivity index (χ1n) is 7.35. The van der Waals surface area contributed by atoms with E-state index in [2.05, 4.69) is 38.1 Å². The van der Waals surface area contributed by atoms with Crippen LogP contribution in [0.25, 0.3) is 0 Å². The highest BCUT2D eigenvalue weighted by Gasteiger charge is 2.12. The molecule has 2 aromatic rings. The zero-order valence-electron chi connectivity index (χ0n) is 13.5. The number of rotatable bonds is 5. The van der Waals surface area contributed by atoms with E-state index >= 15 is 0 Å². The summed E-state index contributed by atoms with van der Waals surface area (Å²) < 4.78 is 0. The van der Waals surface area contributed by atoms with E-state index < -0.39 is 4.92 Å². The number of nitro benzene ring substituents is 1. The standard InChI is InChI=1S/C18H20N2O3/c1-18(2,3)16-9-7-14(8-10-16)13-23-19-12-15-5-4-6-17(11-15)20(21)22/h4-12H,13H2,1-3H3/b19-12-. The van der Waals surface area contributed by atoms with Crippen molar-refractivity contribution < 1.29 is 9.76 Å². The fraction of sp³-hybridized carbons (Fsp3) is 0.278. The molecule has 5 nitrogen and oxygen atoms in total. The molecule has 23 heavy (non-hydrogen) atoms. The minimum atomic E-state index is -0.436. The molecule has 0 fully saturated rings. The van der Waals surface area contributed by atoms with Crippen LogP contribution in [0, 0.1) is 10.1 Å². The van der Waals surface area contributed by atoms with E-state index in [1.807, 2.05) is 12.1 Å². The quantitative estimate of drug-likeness (QED) is 0.465. The molecule has 0 spiro atoms. The van der Waals surface area contributed by atoms with Gasteiger partial charge in [-0.3, -0.25) is 10.1 Å². The van der Waals surface area contributed by atoms with Crippen LogP contribution in [0.2, 0.25) is 0 Å². The van der Waals surface area contributed by atoms with Gasteiger partial charge in [0.2, 0.25) is 0 Å². The normalized spacial score (nSPS) is 11.6. The summed E-state index contributed by atoms with van der Waals surface area (Å²) in [6, 6.07) is 14.4. The largest absolute Gasteiger partial charge is 0.391 e. The summed E-state index contributed by atoms with van der Waals surface area (Å²) in [4.78, 5) is 15.5. The zero-order chi connectivity index (χ0) is 16.9. The van der Waals surface area contributed by atoms with Gasteiger partial charge in [0.1, 0.15) is 6.61 Å². The molecule has 2 aromatic carbocycles. The smallest absolute Gasteiger partial charge is 0.270 e. The maximum absolute atomic E-state index is 10.7. The Morgan fingerprint density at radius 3 is 2.48 bits per heavy atom. The molecule has 0 radical (unpaired) electrons. The lowest BCUT2D eigenvalue weighted by molar-refractivity contribution is -0.384. The Morgan fingerprint density at radius 1 is 1.17 bits per heavy atom. The number of non-ortho nitro benzene ring substituents is 1. The van der Waals surface area contributed by atoms with Crippen molar-refractivity contribution >= 4 is 11.9 Å². The van der Waals surface area contributed by atoms with Crippen molar-refractivity contribution in [3.8, 4) is 0 Å². The second-order valence-electron chi connectivity index (χ2n) is 6.31. The lowest BCUT2D eigenvalue weighted by Crippen LogP contribution is -2.10. The van der Waals surface area contributed by atoms with E-state index in [1.165, 1.54) is 23.9 Å². The molecule has 0 aliphatic carbocycles. The van der Waals surface area contributed by atoms with Crippen molar-refractivity contribution in [2.45, 2.75) is 32.8 Å². The Labute approximate surface area is 135 Å². The Kier molecular flexibility index (Phi) is 5.11. The number of nitrogens with zero attached hydrogens (tertiary/aromatic N) is 2. The van der Waals surface area contributed by atoms with Crippen LogP contribution < -0.4 is 0 Å². The molecule has 0 N–H and O–H groups in total. The fourth-order valence-corrected chi connectivity index (χ4v) is 2.03. The third kappa shape index (κ3) is 4.92. The van der Waals surface area contributed by atoms with E-state index in [9.17, 15) is 10.1 Å². The number of oxime groups is 1. The molecule has 0 amide bonds. The molecular weight excluding hydrogens is 292 g/mol. The van der Waals surface area contributed by atoms with E-state index in [-0.39, 0.29) is 11.1 Å². The lowest BCUT2D eigenvalue weighted by Gasteiger charge is -2.18. The Morgan fingerprint density at radius 2 is 1.87 bits per heavy atom. The van der Waals surface area contributed by atoms with Crippen LogP contribution in [0.15, 0.2) is 53.7 Å². The summed E-state index contributed by atoms with van der Waals surface area (Å²) in [6.07, 6.45) is 1.47. The fourth-order valence-electron chi connectivity index (χ4n) is 2.03.